The summed E-state index contributed by atoms with van der Waals surface area (Å²) in [6, 6.07) is 0. The summed E-state index contributed by atoms with van der Waals surface area (Å²) in [6.45, 7) is 11.0. The molecule has 0 aliphatic carbocycles. The van der Waals surface area contributed by atoms with E-state index in [4.69, 9.17) is 18.9 Å². The maximum Gasteiger partial charge on any atom is 0.0781 e. The molecule has 0 fully saturated rings. The molecular weight excluding hydrogens is 256 g/mol. The fourth-order valence-electron chi connectivity index (χ4n) is 1.79. The minimum Gasteiger partial charge on any atom is -0.382 e. The number of unbranched alkanes of at least 4 members (excludes halogenated alkanes) is 3. The molecular formula is C16H34O4. The van der Waals surface area contributed by atoms with Gasteiger partial charge in [-0.3, -0.25) is 0 Å². The van der Waals surface area contributed by atoms with Crippen molar-refractivity contribution < 1.29 is 18.9 Å². The van der Waals surface area contributed by atoms with Gasteiger partial charge in [0, 0.05) is 13.7 Å². The lowest BCUT2D eigenvalue weighted by molar-refractivity contribution is -0.0771. The molecule has 0 aromatic rings. The largest absolute Gasteiger partial charge is 0.382 e. The third-order valence-electron chi connectivity index (χ3n) is 3.03. The van der Waals surface area contributed by atoms with Crippen LogP contribution in [-0.2, 0) is 18.9 Å². The third-order valence-corrected chi connectivity index (χ3v) is 3.03. The lowest BCUT2D eigenvalue weighted by Gasteiger charge is -2.19. The second-order valence-corrected chi connectivity index (χ2v) is 5.49. The average molecular weight is 290 g/mol. The number of ether oxygens (including phenoxy) is 4. The highest BCUT2D eigenvalue weighted by atomic mass is 16.6. The van der Waals surface area contributed by atoms with Crippen LogP contribution in [0.25, 0.3) is 0 Å². The van der Waals surface area contributed by atoms with Crippen molar-refractivity contribution in [1.29, 1.82) is 0 Å². The zero-order valence-corrected chi connectivity index (χ0v) is 14.0. The van der Waals surface area contributed by atoms with Gasteiger partial charge in [0.25, 0.3) is 0 Å². The van der Waals surface area contributed by atoms with Gasteiger partial charge in [-0.15, -0.1) is 0 Å². The maximum absolute atomic E-state index is 5.72. The Hall–Kier alpha value is -0.160. The van der Waals surface area contributed by atoms with Gasteiger partial charge in [0.1, 0.15) is 0 Å². The van der Waals surface area contributed by atoms with Crippen molar-refractivity contribution in [3.05, 3.63) is 0 Å². The highest BCUT2D eigenvalue weighted by Gasteiger charge is 2.09. The molecule has 0 spiro atoms. The predicted octanol–water partition coefficient (Wildman–Crippen LogP) is 3.43. The molecule has 0 saturated carbocycles. The first-order valence-electron chi connectivity index (χ1n) is 7.93. The molecule has 3 atom stereocenters. The van der Waals surface area contributed by atoms with Crippen LogP contribution in [0.4, 0.5) is 0 Å². The van der Waals surface area contributed by atoms with E-state index in [9.17, 15) is 0 Å². The first kappa shape index (κ1) is 19.8. The van der Waals surface area contributed by atoms with Crippen LogP contribution in [0, 0.1) is 0 Å². The Morgan fingerprint density at radius 2 is 1.25 bits per heavy atom. The molecule has 0 bridgehead atoms. The molecule has 0 N–H and O–H groups in total. The van der Waals surface area contributed by atoms with Crippen LogP contribution in [-0.4, -0.2) is 51.8 Å². The molecule has 3 unspecified atom stereocenters. The van der Waals surface area contributed by atoms with Crippen LogP contribution < -0.4 is 0 Å². The van der Waals surface area contributed by atoms with E-state index in [-0.39, 0.29) is 18.3 Å². The molecule has 0 aromatic heterocycles. The molecule has 20 heavy (non-hydrogen) atoms. The molecule has 0 amide bonds. The summed E-state index contributed by atoms with van der Waals surface area (Å²) in [5, 5.41) is 0. The first-order valence-corrected chi connectivity index (χ1v) is 7.93. The van der Waals surface area contributed by atoms with E-state index in [1.807, 2.05) is 13.8 Å². The van der Waals surface area contributed by atoms with E-state index < -0.39 is 0 Å². The minimum atomic E-state index is 0.0837. The molecule has 0 saturated heterocycles. The summed E-state index contributed by atoms with van der Waals surface area (Å²) in [5.74, 6) is 0. The summed E-state index contributed by atoms with van der Waals surface area (Å²) >= 11 is 0. The van der Waals surface area contributed by atoms with Crippen molar-refractivity contribution in [2.24, 2.45) is 0 Å². The normalized spacial score (nSPS) is 16.1. The lowest BCUT2D eigenvalue weighted by atomic mass is 10.2. The first-order chi connectivity index (χ1) is 9.60. The smallest absolute Gasteiger partial charge is 0.0781 e. The Morgan fingerprint density at radius 3 is 1.80 bits per heavy atom. The number of methoxy groups -OCH3 is 1. The van der Waals surface area contributed by atoms with Crippen molar-refractivity contribution in [3.8, 4) is 0 Å². The summed E-state index contributed by atoms with van der Waals surface area (Å²) in [4.78, 5) is 0. The Balaban J connectivity index is 3.45. The van der Waals surface area contributed by atoms with Crippen molar-refractivity contribution in [2.75, 3.05) is 33.5 Å². The van der Waals surface area contributed by atoms with Crippen molar-refractivity contribution >= 4 is 0 Å². The van der Waals surface area contributed by atoms with Gasteiger partial charge in [0.15, 0.2) is 0 Å². The van der Waals surface area contributed by atoms with Gasteiger partial charge in [0.2, 0.25) is 0 Å². The number of hydrogen-bond donors (Lipinski definition) is 0. The van der Waals surface area contributed by atoms with E-state index in [0.29, 0.717) is 19.8 Å². The van der Waals surface area contributed by atoms with Gasteiger partial charge in [-0.2, -0.15) is 0 Å². The highest BCUT2D eigenvalue weighted by Crippen LogP contribution is 2.03. The molecule has 0 rings (SSSR count). The van der Waals surface area contributed by atoms with Crippen molar-refractivity contribution in [2.45, 2.75) is 71.7 Å². The zero-order chi connectivity index (χ0) is 15.2. The SMILES string of the molecule is CCCCCCOC(C)COC(C)COC(C)COC. The van der Waals surface area contributed by atoms with Gasteiger partial charge in [-0.1, -0.05) is 26.2 Å². The molecule has 122 valence electrons. The summed E-state index contributed by atoms with van der Waals surface area (Å²) in [7, 11) is 1.68. The van der Waals surface area contributed by atoms with Gasteiger partial charge >= 0.3 is 0 Å². The van der Waals surface area contributed by atoms with Crippen molar-refractivity contribution in [1.82, 2.24) is 0 Å². The van der Waals surface area contributed by atoms with Crippen LogP contribution in [0.5, 0.6) is 0 Å². The monoisotopic (exact) mass is 290 g/mol. The Morgan fingerprint density at radius 1 is 0.700 bits per heavy atom. The number of rotatable bonds is 14. The highest BCUT2D eigenvalue weighted by molar-refractivity contribution is 4.55. The van der Waals surface area contributed by atoms with E-state index in [1.165, 1.54) is 19.3 Å². The third kappa shape index (κ3) is 12.9. The quantitative estimate of drug-likeness (QED) is 0.459. The van der Waals surface area contributed by atoms with Crippen LogP contribution >= 0.6 is 0 Å². The van der Waals surface area contributed by atoms with Crippen LogP contribution in [0.1, 0.15) is 53.4 Å². The molecule has 0 radical (unpaired) electrons. The van der Waals surface area contributed by atoms with E-state index in [2.05, 4.69) is 13.8 Å². The molecule has 0 aromatic carbocycles. The fourth-order valence-corrected chi connectivity index (χ4v) is 1.79. The van der Waals surface area contributed by atoms with E-state index in [0.717, 1.165) is 13.0 Å². The van der Waals surface area contributed by atoms with Gasteiger partial charge in [-0.25, -0.2) is 0 Å². The van der Waals surface area contributed by atoms with E-state index >= 15 is 0 Å². The number of hydrogen-bond acceptors (Lipinski definition) is 4. The molecule has 0 aliphatic heterocycles. The standard InChI is InChI=1S/C16H34O4/c1-6-7-8-9-10-18-15(3)12-20-16(4)13-19-14(2)11-17-5/h14-16H,6-13H2,1-5H3. The van der Waals surface area contributed by atoms with Gasteiger partial charge < -0.3 is 18.9 Å². The lowest BCUT2D eigenvalue weighted by Crippen LogP contribution is -2.26. The van der Waals surface area contributed by atoms with Gasteiger partial charge in [0.05, 0.1) is 38.1 Å². The molecule has 0 heterocycles. The Kier molecular flexibility index (Phi) is 13.7. The Labute approximate surface area is 125 Å². The van der Waals surface area contributed by atoms with Crippen LogP contribution in [0.3, 0.4) is 0 Å². The predicted molar refractivity (Wildman–Crippen MR) is 82.3 cm³/mol. The summed E-state index contributed by atoms with van der Waals surface area (Å²) in [6.07, 6.45) is 5.30. The van der Waals surface area contributed by atoms with Crippen LogP contribution in [0.2, 0.25) is 0 Å². The van der Waals surface area contributed by atoms with Crippen molar-refractivity contribution in [3.63, 3.8) is 0 Å². The van der Waals surface area contributed by atoms with Gasteiger partial charge in [-0.05, 0) is 27.2 Å². The minimum absolute atomic E-state index is 0.0837. The topological polar surface area (TPSA) is 36.9 Å². The second-order valence-electron chi connectivity index (χ2n) is 5.49. The van der Waals surface area contributed by atoms with Crippen LogP contribution in [0.15, 0.2) is 0 Å². The second kappa shape index (κ2) is 13.8. The molecule has 4 nitrogen and oxygen atoms in total. The zero-order valence-electron chi connectivity index (χ0n) is 14.0. The van der Waals surface area contributed by atoms with E-state index in [1.54, 1.807) is 7.11 Å². The maximum atomic E-state index is 5.72. The fraction of sp³-hybridized carbons (Fsp3) is 1.00. The summed E-state index contributed by atoms with van der Waals surface area (Å²) in [5.41, 5.74) is 0. The summed E-state index contributed by atoms with van der Waals surface area (Å²) < 4.78 is 22.1. The molecule has 0 aliphatic rings. The molecule has 4 heteroatoms. The average Bonchev–Trinajstić information content (AvgIpc) is 2.43. The Bertz CT molecular complexity index is 199.